The van der Waals surface area contributed by atoms with Crippen molar-refractivity contribution in [1.29, 1.82) is 5.26 Å². The molecule has 0 spiro atoms. The van der Waals surface area contributed by atoms with Crippen LogP contribution in [0.25, 0.3) is 11.0 Å². The van der Waals surface area contributed by atoms with Crippen molar-refractivity contribution in [3.8, 4) is 6.07 Å². The molecule has 0 atom stereocenters. The number of nitrogens with zero attached hydrogens (tertiary/aromatic N) is 2. The summed E-state index contributed by atoms with van der Waals surface area (Å²) >= 11 is 0. The molecule has 2 aromatic rings. The highest BCUT2D eigenvalue weighted by atomic mass is 35.5. The average Bonchev–Trinajstić information content (AvgIpc) is 2.86. The number of furan rings is 1. The van der Waals surface area contributed by atoms with E-state index in [1.54, 1.807) is 6.07 Å². The van der Waals surface area contributed by atoms with Gasteiger partial charge in [-0.3, -0.25) is 0 Å². The summed E-state index contributed by atoms with van der Waals surface area (Å²) in [6.45, 7) is 3.03. The summed E-state index contributed by atoms with van der Waals surface area (Å²) < 4.78 is 19.7. The van der Waals surface area contributed by atoms with Gasteiger partial charge in [0.25, 0.3) is 0 Å². The lowest BCUT2D eigenvalue weighted by atomic mass is 10.1. The third kappa shape index (κ3) is 2.25. The molecule has 0 saturated carbocycles. The Morgan fingerprint density at radius 3 is 2.79 bits per heavy atom. The molecule has 1 aliphatic heterocycles. The van der Waals surface area contributed by atoms with Crippen LogP contribution in [0.5, 0.6) is 0 Å². The Hall–Kier alpha value is -1.77. The molecule has 6 heteroatoms. The van der Waals surface area contributed by atoms with Gasteiger partial charge in [-0.15, -0.1) is 12.4 Å². The van der Waals surface area contributed by atoms with E-state index in [9.17, 15) is 4.39 Å². The quantitative estimate of drug-likeness (QED) is 0.871. The summed E-state index contributed by atoms with van der Waals surface area (Å²) in [6.07, 6.45) is 1.52. The molecule has 4 nitrogen and oxygen atoms in total. The Kier molecular flexibility index (Phi) is 3.93. The van der Waals surface area contributed by atoms with Crippen LogP contribution in [0, 0.1) is 17.1 Å². The third-order valence-electron chi connectivity index (χ3n) is 3.21. The van der Waals surface area contributed by atoms with Gasteiger partial charge in [0.1, 0.15) is 11.8 Å². The van der Waals surface area contributed by atoms with Crippen molar-refractivity contribution in [1.82, 2.24) is 5.32 Å². The number of halogens is 2. The summed E-state index contributed by atoms with van der Waals surface area (Å²) in [4.78, 5) is 1.93. The second kappa shape index (κ2) is 5.47. The molecular weight excluding hydrogens is 269 g/mol. The topological polar surface area (TPSA) is 52.2 Å². The van der Waals surface area contributed by atoms with Crippen LogP contribution in [0.4, 0.5) is 10.1 Å². The molecule has 1 aromatic heterocycles. The smallest absolute Gasteiger partial charge is 0.168 e. The van der Waals surface area contributed by atoms with Crippen molar-refractivity contribution in [2.45, 2.75) is 0 Å². The highest BCUT2D eigenvalue weighted by molar-refractivity contribution is 5.91. The average molecular weight is 282 g/mol. The van der Waals surface area contributed by atoms with E-state index in [0.717, 1.165) is 18.5 Å². The number of hydrogen-bond donors (Lipinski definition) is 1. The Balaban J connectivity index is 0.00000133. The number of rotatable bonds is 1. The molecule has 1 fully saturated rings. The maximum atomic E-state index is 14.3. The molecule has 2 heterocycles. The van der Waals surface area contributed by atoms with Crippen LogP contribution in [-0.4, -0.2) is 26.2 Å². The zero-order valence-electron chi connectivity index (χ0n) is 10.1. The van der Waals surface area contributed by atoms with E-state index < -0.39 is 5.82 Å². The van der Waals surface area contributed by atoms with Gasteiger partial charge in [0.15, 0.2) is 11.4 Å². The number of fused-ring (bicyclic) bond motifs is 1. The van der Waals surface area contributed by atoms with Crippen LogP contribution in [0.2, 0.25) is 0 Å². The molecule has 19 heavy (non-hydrogen) atoms. The molecule has 0 aliphatic carbocycles. The monoisotopic (exact) mass is 281 g/mol. The van der Waals surface area contributed by atoms with Crippen molar-refractivity contribution >= 4 is 29.1 Å². The summed E-state index contributed by atoms with van der Waals surface area (Å²) in [5.41, 5.74) is 1.00. The highest BCUT2D eigenvalue weighted by Gasteiger charge is 2.22. The first-order chi connectivity index (χ1) is 8.81. The fraction of sp³-hybridized carbons (Fsp3) is 0.308. The second-order valence-electron chi connectivity index (χ2n) is 4.27. The van der Waals surface area contributed by atoms with Crippen molar-refractivity contribution in [3.63, 3.8) is 0 Å². The molecule has 0 radical (unpaired) electrons. The predicted octanol–water partition coefficient (Wildman–Crippen LogP) is 2.27. The lowest BCUT2D eigenvalue weighted by Crippen LogP contribution is -2.44. The van der Waals surface area contributed by atoms with Crippen LogP contribution < -0.4 is 10.2 Å². The Morgan fingerprint density at radius 1 is 1.37 bits per heavy atom. The molecule has 1 aliphatic rings. The van der Waals surface area contributed by atoms with Gasteiger partial charge in [-0.05, 0) is 12.1 Å². The first-order valence-electron chi connectivity index (χ1n) is 5.86. The van der Waals surface area contributed by atoms with E-state index in [1.165, 1.54) is 12.3 Å². The second-order valence-corrected chi connectivity index (χ2v) is 4.27. The summed E-state index contributed by atoms with van der Waals surface area (Å²) in [5, 5.41) is 13.0. The zero-order valence-corrected chi connectivity index (χ0v) is 11.0. The number of piperazine rings is 1. The van der Waals surface area contributed by atoms with E-state index >= 15 is 0 Å². The molecule has 1 N–H and O–H groups in total. The Labute approximate surface area is 116 Å². The molecule has 3 rings (SSSR count). The summed E-state index contributed by atoms with van der Waals surface area (Å²) in [7, 11) is 0. The highest BCUT2D eigenvalue weighted by Crippen LogP contribution is 2.33. The normalized spacial score (nSPS) is 15.1. The lowest BCUT2D eigenvalue weighted by molar-refractivity contribution is 0.555. The van der Waals surface area contributed by atoms with Gasteiger partial charge in [-0.1, -0.05) is 0 Å². The Morgan fingerprint density at radius 2 is 2.11 bits per heavy atom. The maximum absolute atomic E-state index is 14.3. The molecule has 100 valence electrons. The first kappa shape index (κ1) is 13.7. The van der Waals surface area contributed by atoms with Gasteiger partial charge in [0.2, 0.25) is 0 Å². The minimum Gasteiger partial charge on any atom is -0.462 e. The number of benzene rings is 1. The van der Waals surface area contributed by atoms with Gasteiger partial charge in [0, 0.05) is 31.6 Å². The van der Waals surface area contributed by atoms with E-state index in [0.29, 0.717) is 24.4 Å². The van der Waals surface area contributed by atoms with Gasteiger partial charge >= 0.3 is 0 Å². The molecule has 1 aromatic carbocycles. The first-order valence-corrected chi connectivity index (χ1v) is 5.86. The largest absolute Gasteiger partial charge is 0.462 e. The van der Waals surface area contributed by atoms with Crippen molar-refractivity contribution in [2.24, 2.45) is 0 Å². The van der Waals surface area contributed by atoms with Crippen LogP contribution in [-0.2, 0) is 0 Å². The van der Waals surface area contributed by atoms with Gasteiger partial charge < -0.3 is 14.6 Å². The molecule has 1 saturated heterocycles. The van der Waals surface area contributed by atoms with Gasteiger partial charge in [0.05, 0.1) is 11.8 Å². The fourth-order valence-corrected chi connectivity index (χ4v) is 2.32. The number of anilines is 1. The van der Waals surface area contributed by atoms with Crippen LogP contribution in [0.15, 0.2) is 22.8 Å². The van der Waals surface area contributed by atoms with E-state index in [4.69, 9.17) is 9.68 Å². The minimum atomic E-state index is -0.484. The van der Waals surface area contributed by atoms with Crippen molar-refractivity contribution in [2.75, 3.05) is 31.1 Å². The fourth-order valence-electron chi connectivity index (χ4n) is 2.32. The Bertz CT molecular complexity index is 629. The van der Waals surface area contributed by atoms with Crippen LogP contribution in [0.3, 0.4) is 0 Å². The number of nitriles is 1. The third-order valence-corrected chi connectivity index (χ3v) is 3.21. The standard InChI is InChI=1S/C13H12FN3O.ClH/c14-11-10(8-15)7-9-1-6-18-13(9)12(11)17-4-2-16-3-5-17;/h1,6-7,16H,2-5H2;1H. The van der Waals surface area contributed by atoms with Crippen LogP contribution in [0.1, 0.15) is 5.56 Å². The number of nitrogens with one attached hydrogen (secondary N) is 1. The maximum Gasteiger partial charge on any atom is 0.168 e. The zero-order chi connectivity index (χ0) is 12.5. The van der Waals surface area contributed by atoms with E-state index in [-0.39, 0.29) is 18.0 Å². The van der Waals surface area contributed by atoms with Crippen molar-refractivity contribution < 1.29 is 8.81 Å². The summed E-state index contributed by atoms with van der Waals surface area (Å²) in [6, 6.07) is 5.18. The van der Waals surface area contributed by atoms with Crippen molar-refractivity contribution in [3.05, 3.63) is 29.8 Å². The molecular formula is C13H13ClFN3O. The molecule has 0 bridgehead atoms. The predicted molar refractivity (Wildman–Crippen MR) is 73.2 cm³/mol. The molecule has 0 amide bonds. The minimum absolute atomic E-state index is 0. The number of hydrogen-bond acceptors (Lipinski definition) is 4. The lowest BCUT2D eigenvalue weighted by Gasteiger charge is -2.29. The van der Waals surface area contributed by atoms with E-state index in [1.807, 2.05) is 11.0 Å². The summed E-state index contributed by atoms with van der Waals surface area (Å²) in [5.74, 6) is -0.484. The SMILES string of the molecule is Cl.N#Cc1cc2ccoc2c(N2CCNCC2)c1F. The van der Waals surface area contributed by atoms with Crippen LogP contribution >= 0.6 is 12.4 Å². The van der Waals surface area contributed by atoms with Gasteiger partial charge in [-0.25, -0.2) is 4.39 Å². The van der Waals surface area contributed by atoms with Gasteiger partial charge in [-0.2, -0.15) is 5.26 Å². The van der Waals surface area contributed by atoms with E-state index in [2.05, 4.69) is 5.32 Å². The molecule has 0 unspecified atom stereocenters.